The predicted octanol–water partition coefficient (Wildman–Crippen LogP) is 3.03. The molecule has 0 N–H and O–H groups in total. The molecule has 1 aliphatic rings. The first kappa shape index (κ1) is 19.3. The molecule has 1 aliphatic heterocycles. The summed E-state index contributed by atoms with van der Waals surface area (Å²) in [5.41, 5.74) is 1.58. The van der Waals surface area contributed by atoms with E-state index in [4.69, 9.17) is 4.74 Å². The molecule has 0 aliphatic carbocycles. The molecule has 1 atom stereocenters. The molecule has 0 fully saturated rings. The Morgan fingerprint density at radius 3 is 2.76 bits per heavy atom. The van der Waals surface area contributed by atoms with Crippen LogP contribution >= 0.6 is 22.7 Å². The predicted molar refractivity (Wildman–Crippen MR) is 116 cm³/mol. The summed E-state index contributed by atoms with van der Waals surface area (Å²) in [5.74, 6) is -0.493. The largest absolute Gasteiger partial charge is 0.458 e. The van der Waals surface area contributed by atoms with Crippen LogP contribution in [-0.2, 0) is 9.53 Å². The van der Waals surface area contributed by atoms with Gasteiger partial charge in [0.05, 0.1) is 21.8 Å². The van der Waals surface area contributed by atoms with E-state index in [-0.39, 0.29) is 12.2 Å². The van der Waals surface area contributed by atoms with Gasteiger partial charge in [0.2, 0.25) is 0 Å². The number of rotatable bonds is 5. The van der Waals surface area contributed by atoms with Crippen LogP contribution in [0.2, 0.25) is 0 Å². The van der Waals surface area contributed by atoms with E-state index < -0.39 is 12.0 Å². The first-order valence-electron chi connectivity index (χ1n) is 8.99. The molecule has 4 rings (SSSR count). The molecule has 146 valence electrons. The normalized spacial score (nSPS) is 16.3. The van der Waals surface area contributed by atoms with Gasteiger partial charge in [0, 0.05) is 4.88 Å². The minimum absolute atomic E-state index is 0.0971. The van der Waals surface area contributed by atoms with E-state index in [0.29, 0.717) is 20.6 Å². The lowest BCUT2D eigenvalue weighted by Gasteiger charge is -2.24. The van der Waals surface area contributed by atoms with Gasteiger partial charge in [-0.1, -0.05) is 60.4 Å². The van der Waals surface area contributed by atoms with Crippen molar-refractivity contribution in [1.82, 2.24) is 4.57 Å². The average molecular weight is 423 g/mol. The molecule has 0 saturated carbocycles. The van der Waals surface area contributed by atoms with E-state index in [0.717, 1.165) is 10.4 Å². The summed E-state index contributed by atoms with van der Waals surface area (Å²) in [4.78, 5) is 32.3. The van der Waals surface area contributed by atoms with Crippen molar-refractivity contribution in [3.05, 3.63) is 102 Å². The monoisotopic (exact) mass is 422 g/mol. The van der Waals surface area contributed by atoms with Gasteiger partial charge in [0.25, 0.3) is 5.56 Å². The second-order valence-electron chi connectivity index (χ2n) is 6.40. The summed E-state index contributed by atoms with van der Waals surface area (Å²) in [5, 5.41) is 1.97. The quantitative estimate of drug-likeness (QED) is 0.469. The summed E-state index contributed by atoms with van der Waals surface area (Å²) in [7, 11) is 0. The number of allylic oxidation sites excluding steroid dienone is 1. The summed E-state index contributed by atoms with van der Waals surface area (Å²) >= 11 is 2.89. The van der Waals surface area contributed by atoms with Crippen molar-refractivity contribution in [1.29, 1.82) is 0 Å². The number of esters is 1. The SMILES string of the molecule is C=CCOC(=O)C1=C(C)N=c2s/c(=C\c3cccs3)c(=O)n2[C@H]1c1ccccc1. The summed E-state index contributed by atoms with van der Waals surface area (Å²) < 4.78 is 7.48. The van der Waals surface area contributed by atoms with Crippen LogP contribution in [0.5, 0.6) is 0 Å². The Bertz CT molecular complexity index is 1270. The molecule has 2 aromatic heterocycles. The Morgan fingerprint density at radius 2 is 2.07 bits per heavy atom. The third-order valence-corrected chi connectivity index (χ3v) is 6.31. The number of carbonyl (C=O) groups is 1. The fraction of sp³-hybridized carbons (Fsp3) is 0.136. The van der Waals surface area contributed by atoms with Crippen molar-refractivity contribution < 1.29 is 9.53 Å². The van der Waals surface area contributed by atoms with Gasteiger partial charge in [-0.25, -0.2) is 9.79 Å². The number of nitrogens with zero attached hydrogens (tertiary/aromatic N) is 2. The minimum atomic E-state index is -0.588. The highest BCUT2D eigenvalue weighted by molar-refractivity contribution is 7.11. The lowest BCUT2D eigenvalue weighted by atomic mass is 9.96. The van der Waals surface area contributed by atoms with E-state index in [2.05, 4.69) is 11.6 Å². The number of hydrogen-bond donors (Lipinski definition) is 0. The molecular weight excluding hydrogens is 404 g/mol. The fourth-order valence-electron chi connectivity index (χ4n) is 3.25. The lowest BCUT2D eigenvalue weighted by Crippen LogP contribution is -2.39. The number of ether oxygens (including phenoxy) is 1. The molecule has 0 saturated heterocycles. The van der Waals surface area contributed by atoms with Crippen LogP contribution in [0.3, 0.4) is 0 Å². The smallest absolute Gasteiger partial charge is 0.338 e. The van der Waals surface area contributed by atoms with E-state index in [9.17, 15) is 9.59 Å². The molecule has 7 heteroatoms. The van der Waals surface area contributed by atoms with Gasteiger partial charge in [0.15, 0.2) is 4.80 Å². The number of thiazole rings is 1. The van der Waals surface area contributed by atoms with Gasteiger partial charge in [-0.15, -0.1) is 11.3 Å². The molecule has 3 aromatic rings. The van der Waals surface area contributed by atoms with Crippen LogP contribution < -0.4 is 14.9 Å². The van der Waals surface area contributed by atoms with Crippen LogP contribution in [-0.4, -0.2) is 17.1 Å². The molecule has 0 amide bonds. The Kier molecular flexibility index (Phi) is 5.42. The zero-order valence-electron chi connectivity index (χ0n) is 15.7. The van der Waals surface area contributed by atoms with Gasteiger partial charge < -0.3 is 4.74 Å². The van der Waals surface area contributed by atoms with E-state index in [1.807, 2.05) is 53.9 Å². The first-order valence-corrected chi connectivity index (χ1v) is 10.7. The Morgan fingerprint density at radius 1 is 1.28 bits per heavy atom. The Labute approximate surface area is 175 Å². The Balaban J connectivity index is 1.94. The van der Waals surface area contributed by atoms with Crippen molar-refractivity contribution in [3.63, 3.8) is 0 Å². The van der Waals surface area contributed by atoms with Crippen molar-refractivity contribution >= 4 is 34.7 Å². The van der Waals surface area contributed by atoms with Crippen LogP contribution in [0.1, 0.15) is 23.4 Å². The number of aromatic nitrogens is 1. The average Bonchev–Trinajstić information content (AvgIpc) is 3.34. The van der Waals surface area contributed by atoms with E-state index in [1.165, 1.54) is 17.4 Å². The molecular formula is C22H18N2O3S2. The summed E-state index contributed by atoms with van der Waals surface area (Å²) in [6.07, 6.45) is 3.38. The van der Waals surface area contributed by atoms with Crippen LogP contribution in [0, 0.1) is 0 Å². The summed E-state index contributed by atoms with van der Waals surface area (Å²) in [6, 6.07) is 12.8. The molecule has 5 nitrogen and oxygen atoms in total. The number of carbonyl (C=O) groups excluding carboxylic acids is 1. The lowest BCUT2D eigenvalue weighted by molar-refractivity contribution is -0.138. The standard InChI is InChI=1S/C22H18N2O3S2/c1-3-11-27-21(26)18-14(2)23-22-24(19(18)15-8-5-4-6-9-15)20(25)17(29-22)13-16-10-7-12-28-16/h3-10,12-13,19H,1,11H2,2H3/b17-13-/t19-/m0/s1. The summed E-state index contributed by atoms with van der Waals surface area (Å²) in [6.45, 7) is 5.46. The minimum Gasteiger partial charge on any atom is -0.458 e. The van der Waals surface area contributed by atoms with Crippen LogP contribution in [0.25, 0.3) is 6.08 Å². The zero-order chi connectivity index (χ0) is 20.4. The maximum atomic E-state index is 13.3. The molecule has 1 aromatic carbocycles. The highest BCUT2D eigenvalue weighted by Crippen LogP contribution is 2.30. The van der Waals surface area contributed by atoms with Crippen molar-refractivity contribution in [2.75, 3.05) is 6.61 Å². The number of benzene rings is 1. The third kappa shape index (κ3) is 3.66. The Hall–Kier alpha value is -3.03. The zero-order valence-corrected chi connectivity index (χ0v) is 17.3. The fourth-order valence-corrected chi connectivity index (χ4v) is 5.02. The van der Waals surface area contributed by atoms with Gasteiger partial charge in [-0.05, 0) is 30.0 Å². The van der Waals surface area contributed by atoms with E-state index >= 15 is 0 Å². The topological polar surface area (TPSA) is 60.7 Å². The maximum absolute atomic E-state index is 13.3. The van der Waals surface area contributed by atoms with Crippen molar-refractivity contribution in [2.45, 2.75) is 13.0 Å². The van der Waals surface area contributed by atoms with Crippen LogP contribution in [0.4, 0.5) is 0 Å². The molecule has 0 unspecified atom stereocenters. The first-order chi connectivity index (χ1) is 14.1. The third-order valence-electron chi connectivity index (χ3n) is 4.51. The van der Waals surface area contributed by atoms with Gasteiger partial charge in [0.1, 0.15) is 6.61 Å². The van der Waals surface area contributed by atoms with Crippen molar-refractivity contribution in [3.8, 4) is 0 Å². The highest BCUT2D eigenvalue weighted by atomic mass is 32.1. The van der Waals surface area contributed by atoms with Crippen molar-refractivity contribution in [2.24, 2.45) is 4.99 Å². The van der Waals surface area contributed by atoms with Gasteiger partial charge in [-0.3, -0.25) is 9.36 Å². The molecule has 29 heavy (non-hydrogen) atoms. The molecule has 0 radical (unpaired) electrons. The van der Waals surface area contributed by atoms with E-state index in [1.54, 1.807) is 22.8 Å². The highest BCUT2D eigenvalue weighted by Gasteiger charge is 2.33. The second kappa shape index (κ2) is 8.14. The van der Waals surface area contributed by atoms with Gasteiger partial charge in [-0.2, -0.15) is 0 Å². The maximum Gasteiger partial charge on any atom is 0.338 e. The second-order valence-corrected chi connectivity index (χ2v) is 8.38. The number of thiophene rings is 1. The molecule has 3 heterocycles. The van der Waals surface area contributed by atoms with Gasteiger partial charge >= 0.3 is 5.97 Å². The molecule has 0 bridgehead atoms. The molecule has 0 spiro atoms. The number of fused-ring (bicyclic) bond motifs is 1. The van der Waals surface area contributed by atoms with Crippen LogP contribution in [0.15, 0.2) is 81.6 Å². The number of hydrogen-bond acceptors (Lipinski definition) is 6.